The number of nitrogens with one attached hydrogen (secondary N) is 1. The summed E-state index contributed by atoms with van der Waals surface area (Å²) in [6, 6.07) is 6.07. The predicted octanol–water partition coefficient (Wildman–Crippen LogP) is 2.72. The first-order valence-corrected chi connectivity index (χ1v) is 6.20. The van der Waals surface area contributed by atoms with Crippen molar-refractivity contribution in [1.29, 1.82) is 0 Å². The average molecular weight is 244 g/mol. The van der Waals surface area contributed by atoms with Crippen LogP contribution < -0.4 is 5.43 Å². The molecule has 2 aromatic heterocycles. The minimum absolute atomic E-state index is 0.570. The normalized spacial score (nSPS) is 15.9. The Morgan fingerprint density at radius 2 is 2.22 bits per heavy atom. The average Bonchev–Trinajstić information content (AvgIpc) is 3.09. The van der Waals surface area contributed by atoms with Crippen LogP contribution in [0.15, 0.2) is 29.7 Å². The summed E-state index contributed by atoms with van der Waals surface area (Å²) in [7, 11) is 0. The highest BCUT2D eigenvalue weighted by Crippen LogP contribution is 2.42. The maximum Gasteiger partial charge on any atom is 0.140 e. The Hall–Kier alpha value is -1.91. The second kappa shape index (κ2) is 3.80. The van der Waals surface area contributed by atoms with E-state index in [0.717, 1.165) is 17.0 Å². The van der Waals surface area contributed by atoms with Crippen molar-refractivity contribution in [2.24, 2.45) is 5.29 Å². The minimum Gasteiger partial charge on any atom is -0.301 e. The summed E-state index contributed by atoms with van der Waals surface area (Å²) in [5.41, 5.74) is 4.30. The van der Waals surface area contributed by atoms with Gasteiger partial charge in [0.05, 0.1) is 16.5 Å². The fourth-order valence-electron chi connectivity index (χ4n) is 2.32. The van der Waals surface area contributed by atoms with Crippen LogP contribution in [-0.4, -0.2) is 9.38 Å². The Morgan fingerprint density at radius 3 is 2.89 bits per heavy atom. The molecule has 1 fully saturated rings. The molecule has 3 rings (SSSR count). The summed E-state index contributed by atoms with van der Waals surface area (Å²) in [4.78, 5) is 15.2. The first kappa shape index (κ1) is 11.2. The molecule has 0 atom stereocenters. The molecule has 1 aliphatic rings. The standard InChI is InChI=1S/C13H16N4O/c1-13(2,15-16-18)12-14-11(9-6-7-9)10-5-3-4-8-17(10)12/h3-5,8-9H,6-7H2,1-2H3,(H,15,18). The van der Waals surface area contributed by atoms with E-state index >= 15 is 0 Å². The highest BCUT2D eigenvalue weighted by molar-refractivity contribution is 5.56. The lowest BCUT2D eigenvalue weighted by Gasteiger charge is -2.20. The van der Waals surface area contributed by atoms with Gasteiger partial charge in [-0.2, -0.15) is 0 Å². The number of nitroso groups, excluding NO2 is 1. The SMILES string of the molecule is CC(C)(NN=O)c1nc(C2CC2)c2ccccn12. The van der Waals surface area contributed by atoms with E-state index < -0.39 is 5.54 Å². The van der Waals surface area contributed by atoms with Crippen molar-refractivity contribution >= 4 is 5.52 Å². The van der Waals surface area contributed by atoms with Crippen molar-refractivity contribution < 1.29 is 0 Å². The number of aromatic nitrogens is 2. The van der Waals surface area contributed by atoms with Gasteiger partial charge in [-0.1, -0.05) is 6.07 Å². The minimum atomic E-state index is -0.570. The molecule has 0 unspecified atom stereocenters. The summed E-state index contributed by atoms with van der Waals surface area (Å²) in [5.74, 6) is 1.41. The molecule has 1 saturated carbocycles. The maximum absolute atomic E-state index is 10.5. The number of hydrogen-bond donors (Lipinski definition) is 1. The summed E-state index contributed by atoms with van der Waals surface area (Å²) < 4.78 is 2.05. The van der Waals surface area contributed by atoms with E-state index in [1.165, 1.54) is 12.8 Å². The van der Waals surface area contributed by atoms with E-state index in [1.54, 1.807) is 0 Å². The zero-order valence-corrected chi connectivity index (χ0v) is 10.6. The smallest absolute Gasteiger partial charge is 0.140 e. The third-order valence-corrected chi connectivity index (χ3v) is 3.43. The highest BCUT2D eigenvalue weighted by atomic mass is 16.3. The Labute approximate surface area is 105 Å². The van der Waals surface area contributed by atoms with E-state index in [1.807, 2.05) is 36.6 Å². The van der Waals surface area contributed by atoms with Crippen LogP contribution in [0.25, 0.3) is 5.52 Å². The number of pyridine rings is 1. The van der Waals surface area contributed by atoms with Crippen LogP contribution in [0, 0.1) is 4.91 Å². The predicted molar refractivity (Wildman–Crippen MR) is 69.1 cm³/mol. The van der Waals surface area contributed by atoms with Crippen LogP contribution in [-0.2, 0) is 5.54 Å². The van der Waals surface area contributed by atoms with Gasteiger partial charge >= 0.3 is 0 Å². The van der Waals surface area contributed by atoms with Gasteiger partial charge < -0.3 is 4.40 Å². The quantitative estimate of drug-likeness (QED) is 0.664. The molecule has 1 N–H and O–H groups in total. The first-order valence-electron chi connectivity index (χ1n) is 6.20. The summed E-state index contributed by atoms with van der Waals surface area (Å²) in [6.07, 6.45) is 4.40. The Morgan fingerprint density at radius 1 is 1.44 bits per heavy atom. The molecule has 94 valence electrons. The summed E-state index contributed by atoms with van der Waals surface area (Å²) in [6.45, 7) is 3.82. The lowest BCUT2D eigenvalue weighted by atomic mass is 10.1. The maximum atomic E-state index is 10.5. The zero-order valence-electron chi connectivity index (χ0n) is 10.6. The van der Waals surface area contributed by atoms with Gasteiger partial charge in [0.2, 0.25) is 0 Å². The monoisotopic (exact) mass is 244 g/mol. The topological polar surface area (TPSA) is 58.8 Å². The third-order valence-electron chi connectivity index (χ3n) is 3.43. The van der Waals surface area contributed by atoms with Gasteiger partial charge in [-0.25, -0.2) is 4.98 Å². The van der Waals surface area contributed by atoms with Gasteiger partial charge in [-0.05, 0) is 38.8 Å². The number of fused-ring (bicyclic) bond motifs is 1. The van der Waals surface area contributed by atoms with E-state index in [4.69, 9.17) is 4.98 Å². The first-order chi connectivity index (χ1) is 8.63. The lowest BCUT2D eigenvalue weighted by Crippen LogP contribution is -2.34. The molecule has 0 spiro atoms. The Balaban J connectivity index is 2.20. The molecule has 5 heteroatoms. The number of nitrogens with zero attached hydrogens (tertiary/aromatic N) is 3. The van der Waals surface area contributed by atoms with E-state index in [9.17, 15) is 4.91 Å². The van der Waals surface area contributed by atoms with Gasteiger partial charge in [0, 0.05) is 12.1 Å². The molecule has 2 heterocycles. The van der Waals surface area contributed by atoms with E-state index in [0.29, 0.717) is 5.92 Å². The van der Waals surface area contributed by atoms with Gasteiger partial charge in [0.15, 0.2) is 0 Å². The van der Waals surface area contributed by atoms with Crippen LogP contribution in [0.5, 0.6) is 0 Å². The fourth-order valence-corrected chi connectivity index (χ4v) is 2.32. The molecular formula is C13H16N4O. The molecule has 1 aliphatic carbocycles. The summed E-state index contributed by atoms with van der Waals surface area (Å²) in [5, 5.41) is 2.81. The van der Waals surface area contributed by atoms with Crippen LogP contribution in [0.4, 0.5) is 0 Å². The highest BCUT2D eigenvalue weighted by Gasteiger charge is 2.33. The molecule has 0 saturated heterocycles. The largest absolute Gasteiger partial charge is 0.301 e. The van der Waals surface area contributed by atoms with Crippen LogP contribution in [0.3, 0.4) is 0 Å². The molecule has 5 nitrogen and oxygen atoms in total. The van der Waals surface area contributed by atoms with Gasteiger partial charge in [0.1, 0.15) is 11.4 Å². The van der Waals surface area contributed by atoms with Crippen molar-refractivity contribution in [2.45, 2.75) is 38.1 Å². The Kier molecular flexibility index (Phi) is 2.36. The van der Waals surface area contributed by atoms with Crippen molar-refractivity contribution in [3.8, 4) is 0 Å². The number of rotatable bonds is 4. The molecule has 0 radical (unpaired) electrons. The number of hydrogen-bond acceptors (Lipinski definition) is 3. The molecule has 0 aromatic carbocycles. The van der Waals surface area contributed by atoms with Crippen molar-refractivity contribution in [3.63, 3.8) is 0 Å². The van der Waals surface area contributed by atoms with E-state index in [2.05, 4.69) is 16.8 Å². The zero-order chi connectivity index (χ0) is 12.8. The van der Waals surface area contributed by atoms with Crippen LogP contribution in [0.1, 0.15) is 44.1 Å². The van der Waals surface area contributed by atoms with Crippen LogP contribution >= 0.6 is 0 Å². The molecule has 0 bridgehead atoms. The molecule has 18 heavy (non-hydrogen) atoms. The van der Waals surface area contributed by atoms with Crippen LogP contribution in [0.2, 0.25) is 0 Å². The van der Waals surface area contributed by atoms with Crippen molar-refractivity contribution in [2.75, 3.05) is 0 Å². The third kappa shape index (κ3) is 1.66. The molecule has 0 amide bonds. The second-order valence-electron chi connectivity index (χ2n) is 5.38. The second-order valence-corrected chi connectivity index (χ2v) is 5.38. The van der Waals surface area contributed by atoms with Gasteiger partial charge in [0.25, 0.3) is 0 Å². The van der Waals surface area contributed by atoms with Gasteiger partial charge in [-0.3, -0.25) is 5.43 Å². The number of imidazole rings is 1. The van der Waals surface area contributed by atoms with Crippen molar-refractivity contribution in [1.82, 2.24) is 14.8 Å². The van der Waals surface area contributed by atoms with Gasteiger partial charge in [-0.15, -0.1) is 4.91 Å². The molecule has 2 aromatic rings. The van der Waals surface area contributed by atoms with Crippen molar-refractivity contribution in [3.05, 3.63) is 40.8 Å². The van der Waals surface area contributed by atoms with E-state index in [-0.39, 0.29) is 0 Å². The molecule has 0 aliphatic heterocycles. The fraction of sp³-hybridized carbons (Fsp3) is 0.462. The Bertz CT molecular complexity index is 598. The summed E-state index contributed by atoms with van der Waals surface area (Å²) >= 11 is 0. The molecular weight excluding hydrogens is 228 g/mol. The lowest BCUT2D eigenvalue weighted by molar-refractivity contribution is 0.388.